The quantitative estimate of drug-likeness (QED) is 0.767. The number of halogens is 2. The SMILES string of the molecule is CN(CC(=O)Nc1cccc(F)c1)C(=O)c1cc(S(=O)(=O)N(C)C)ccc1Cl. The standard InChI is InChI=1S/C18H19ClFN3O4S/c1-22(2)28(26,27)14-7-8-16(19)15(10-14)18(25)23(3)11-17(24)21-13-6-4-5-12(20)9-13/h4-10H,11H2,1-3H3,(H,21,24). The number of nitrogens with one attached hydrogen (secondary N) is 1. The number of carbonyl (C=O) groups excluding carboxylic acids is 2. The maximum Gasteiger partial charge on any atom is 0.255 e. The molecule has 0 atom stereocenters. The molecule has 0 aromatic heterocycles. The molecule has 0 aliphatic carbocycles. The zero-order valence-electron chi connectivity index (χ0n) is 15.4. The van der Waals surface area contributed by atoms with Crippen molar-refractivity contribution in [3.05, 3.63) is 58.9 Å². The summed E-state index contributed by atoms with van der Waals surface area (Å²) < 4.78 is 38.7. The van der Waals surface area contributed by atoms with Crippen molar-refractivity contribution in [3.8, 4) is 0 Å². The first-order valence-electron chi connectivity index (χ1n) is 8.05. The normalized spacial score (nSPS) is 11.4. The Morgan fingerprint density at radius 1 is 1.11 bits per heavy atom. The van der Waals surface area contributed by atoms with Crippen molar-refractivity contribution >= 4 is 39.1 Å². The third kappa shape index (κ3) is 5.06. The van der Waals surface area contributed by atoms with E-state index in [0.29, 0.717) is 0 Å². The first-order valence-corrected chi connectivity index (χ1v) is 9.87. The van der Waals surface area contributed by atoms with Crippen molar-refractivity contribution in [1.29, 1.82) is 0 Å². The highest BCUT2D eigenvalue weighted by Crippen LogP contribution is 2.23. The molecule has 0 radical (unpaired) electrons. The molecule has 0 fully saturated rings. The molecule has 0 spiro atoms. The number of benzene rings is 2. The minimum Gasteiger partial charge on any atom is -0.332 e. The number of anilines is 1. The Morgan fingerprint density at radius 3 is 2.39 bits per heavy atom. The maximum absolute atomic E-state index is 13.2. The summed E-state index contributed by atoms with van der Waals surface area (Å²) in [6.07, 6.45) is 0. The summed E-state index contributed by atoms with van der Waals surface area (Å²) >= 11 is 6.05. The van der Waals surface area contributed by atoms with Crippen molar-refractivity contribution < 1.29 is 22.4 Å². The number of likely N-dealkylation sites (N-methyl/N-ethyl adjacent to an activating group) is 1. The van der Waals surface area contributed by atoms with Gasteiger partial charge in [0.2, 0.25) is 15.9 Å². The van der Waals surface area contributed by atoms with Crippen molar-refractivity contribution in [1.82, 2.24) is 9.21 Å². The summed E-state index contributed by atoms with van der Waals surface area (Å²) in [4.78, 5) is 25.7. The lowest BCUT2D eigenvalue weighted by atomic mass is 10.2. The predicted molar refractivity (Wildman–Crippen MR) is 104 cm³/mol. The number of carbonyl (C=O) groups is 2. The van der Waals surface area contributed by atoms with Crippen LogP contribution in [0, 0.1) is 5.82 Å². The van der Waals surface area contributed by atoms with Gasteiger partial charge in [0.15, 0.2) is 0 Å². The number of hydrogen-bond donors (Lipinski definition) is 1. The van der Waals surface area contributed by atoms with Gasteiger partial charge in [0.25, 0.3) is 5.91 Å². The van der Waals surface area contributed by atoms with Crippen molar-refractivity contribution in [2.45, 2.75) is 4.90 Å². The highest BCUT2D eigenvalue weighted by molar-refractivity contribution is 7.89. The van der Waals surface area contributed by atoms with Crippen LogP contribution in [-0.4, -0.2) is 57.1 Å². The van der Waals surface area contributed by atoms with Crippen LogP contribution in [0.5, 0.6) is 0 Å². The van der Waals surface area contributed by atoms with Gasteiger partial charge in [-0.2, -0.15) is 0 Å². The Labute approximate surface area is 167 Å². The monoisotopic (exact) mass is 427 g/mol. The summed E-state index contributed by atoms with van der Waals surface area (Å²) in [6, 6.07) is 9.11. The minimum absolute atomic E-state index is 0.0503. The Kier molecular flexibility index (Phi) is 6.76. The fourth-order valence-electron chi connectivity index (χ4n) is 2.30. The van der Waals surface area contributed by atoms with Crippen LogP contribution >= 0.6 is 11.6 Å². The molecule has 0 saturated carbocycles. The molecule has 2 aromatic carbocycles. The summed E-state index contributed by atoms with van der Waals surface area (Å²) in [5.74, 6) is -1.68. The molecule has 0 saturated heterocycles. The number of amides is 2. The fraction of sp³-hybridized carbons (Fsp3) is 0.222. The smallest absolute Gasteiger partial charge is 0.255 e. The second-order valence-corrected chi connectivity index (χ2v) is 8.71. The highest BCUT2D eigenvalue weighted by Gasteiger charge is 2.23. The van der Waals surface area contributed by atoms with Gasteiger partial charge in [0, 0.05) is 26.8 Å². The third-order valence-electron chi connectivity index (χ3n) is 3.78. The largest absolute Gasteiger partial charge is 0.332 e. The lowest BCUT2D eigenvalue weighted by Crippen LogP contribution is -2.35. The predicted octanol–water partition coefficient (Wildman–Crippen LogP) is 2.44. The van der Waals surface area contributed by atoms with E-state index in [-0.39, 0.29) is 27.7 Å². The maximum atomic E-state index is 13.2. The van der Waals surface area contributed by atoms with Crippen LogP contribution in [0.15, 0.2) is 47.4 Å². The molecule has 2 aromatic rings. The van der Waals surface area contributed by atoms with E-state index in [1.807, 2.05) is 0 Å². The first kappa shape index (κ1) is 21.8. The fourth-order valence-corrected chi connectivity index (χ4v) is 3.43. The van der Waals surface area contributed by atoms with E-state index in [1.54, 1.807) is 0 Å². The Hall–Kier alpha value is -2.49. The van der Waals surface area contributed by atoms with Crippen LogP contribution in [0.25, 0.3) is 0 Å². The van der Waals surface area contributed by atoms with Gasteiger partial charge in [0.1, 0.15) is 5.82 Å². The zero-order valence-corrected chi connectivity index (χ0v) is 17.0. The Balaban J connectivity index is 2.17. The number of hydrogen-bond acceptors (Lipinski definition) is 4. The molecule has 10 heteroatoms. The number of nitrogens with zero attached hydrogens (tertiary/aromatic N) is 2. The molecule has 0 aliphatic rings. The molecule has 0 unspecified atom stereocenters. The van der Waals surface area contributed by atoms with Gasteiger partial charge in [-0.05, 0) is 36.4 Å². The van der Waals surface area contributed by atoms with Crippen LogP contribution in [0.3, 0.4) is 0 Å². The molecule has 1 N–H and O–H groups in total. The summed E-state index contributed by atoms with van der Waals surface area (Å²) in [5.41, 5.74) is 0.202. The van der Waals surface area contributed by atoms with Crippen molar-refractivity contribution in [2.24, 2.45) is 0 Å². The van der Waals surface area contributed by atoms with Gasteiger partial charge in [-0.25, -0.2) is 17.1 Å². The van der Waals surface area contributed by atoms with Crippen LogP contribution in [0.4, 0.5) is 10.1 Å². The summed E-state index contributed by atoms with van der Waals surface area (Å²) in [6.45, 7) is -0.337. The van der Waals surface area contributed by atoms with Crippen LogP contribution in [0.1, 0.15) is 10.4 Å². The average Bonchev–Trinajstić information content (AvgIpc) is 2.61. The third-order valence-corrected chi connectivity index (χ3v) is 5.92. The van der Waals surface area contributed by atoms with E-state index in [0.717, 1.165) is 15.3 Å². The molecular formula is C18H19ClFN3O4S. The van der Waals surface area contributed by atoms with E-state index >= 15 is 0 Å². The molecule has 0 heterocycles. The van der Waals surface area contributed by atoms with E-state index in [9.17, 15) is 22.4 Å². The first-order chi connectivity index (χ1) is 13.0. The van der Waals surface area contributed by atoms with Gasteiger partial charge in [-0.3, -0.25) is 9.59 Å². The Bertz CT molecular complexity index is 1010. The second kappa shape index (κ2) is 8.68. The second-order valence-electron chi connectivity index (χ2n) is 6.15. The molecule has 0 aliphatic heterocycles. The van der Waals surface area contributed by atoms with E-state index in [1.165, 1.54) is 57.5 Å². The molecule has 2 rings (SSSR count). The van der Waals surface area contributed by atoms with Gasteiger partial charge >= 0.3 is 0 Å². The van der Waals surface area contributed by atoms with Crippen LogP contribution < -0.4 is 5.32 Å². The Morgan fingerprint density at radius 2 is 1.79 bits per heavy atom. The van der Waals surface area contributed by atoms with Gasteiger partial charge in [0.05, 0.1) is 22.0 Å². The number of rotatable bonds is 6. The average molecular weight is 428 g/mol. The van der Waals surface area contributed by atoms with Crippen LogP contribution in [0.2, 0.25) is 5.02 Å². The lowest BCUT2D eigenvalue weighted by Gasteiger charge is -2.19. The molecular weight excluding hydrogens is 409 g/mol. The van der Waals surface area contributed by atoms with E-state index in [2.05, 4.69) is 5.32 Å². The lowest BCUT2D eigenvalue weighted by molar-refractivity contribution is -0.116. The molecule has 0 bridgehead atoms. The highest BCUT2D eigenvalue weighted by atomic mass is 35.5. The number of sulfonamides is 1. The molecule has 28 heavy (non-hydrogen) atoms. The van der Waals surface area contributed by atoms with E-state index in [4.69, 9.17) is 11.6 Å². The van der Waals surface area contributed by atoms with Gasteiger partial charge in [-0.1, -0.05) is 17.7 Å². The molecule has 7 nitrogen and oxygen atoms in total. The van der Waals surface area contributed by atoms with Crippen LogP contribution in [-0.2, 0) is 14.8 Å². The minimum atomic E-state index is -3.75. The molecule has 150 valence electrons. The summed E-state index contributed by atoms with van der Waals surface area (Å²) in [7, 11) is 0.357. The zero-order chi connectivity index (χ0) is 21.1. The topological polar surface area (TPSA) is 86.8 Å². The van der Waals surface area contributed by atoms with E-state index < -0.39 is 27.7 Å². The molecule has 2 amide bonds. The summed E-state index contributed by atoms with van der Waals surface area (Å²) in [5, 5.41) is 2.53. The van der Waals surface area contributed by atoms with Crippen molar-refractivity contribution in [3.63, 3.8) is 0 Å². The van der Waals surface area contributed by atoms with Crippen molar-refractivity contribution in [2.75, 3.05) is 33.0 Å². The van der Waals surface area contributed by atoms with Gasteiger partial charge < -0.3 is 10.2 Å². The van der Waals surface area contributed by atoms with Gasteiger partial charge in [-0.15, -0.1) is 0 Å².